The van der Waals surface area contributed by atoms with Crippen LogP contribution in [0.4, 0.5) is 0 Å². The maximum atomic E-state index is 9.45. The van der Waals surface area contributed by atoms with E-state index in [1.54, 1.807) is 12.4 Å². The molecule has 1 aromatic heterocycles. The van der Waals surface area contributed by atoms with Gasteiger partial charge < -0.3 is 5.11 Å². The molecule has 1 aliphatic carbocycles. The highest BCUT2D eigenvalue weighted by Gasteiger charge is 2.28. The van der Waals surface area contributed by atoms with E-state index in [9.17, 15) is 5.11 Å². The van der Waals surface area contributed by atoms with Gasteiger partial charge in [0.2, 0.25) is 0 Å². The van der Waals surface area contributed by atoms with Crippen LogP contribution in [0.2, 0.25) is 0 Å². The van der Waals surface area contributed by atoms with Crippen molar-refractivity contribution in [2.75, 3.05) is 0 Å². The number of nitrogens with zero attached hydrogens (tertiary/aromatic N) is 2. The Labute approximate surface area is 65.1 Å². The van der Waals surface area contributed by atoms with Gasteiger partial charge in [-0.2, -0.15) is 0 Å². The van der Waals surface area contributed by atoms with Gasteiger partial charge in [0.05, 0.1) is 17.5 Å². The molecule has 58 valence electrons. The Hall–Kier alpha value is -0.960. The molecule has 0 aliphatic heterocycles. The van der Waals surface area contributed by atoms with E-state index in [-0.39, 0.29) is 0 Å². The molecule has 1 aromatic rings. The lowest BCUT2D eigenvalue weighted by molar-refractivity contribution is 0.170. The summed E-state index contributed by atoms with van der Waals surface area (Å²) in [6.07, 6.45) is 3.67. The van der Waals surface area contributed by atoms with E-state index in [1.807, 2.05) is 0 Å². The summed E-state index contributed by atoms with van der Waals surface area (Å²) in [6, 6.07) is 0. The van der Waals surface area contributed by atoms with E-state index in [1.165, 1.54) is 0 Å². The lowest BCUT2D eigenvalue weighted by Gasteiger charge is -1.98. The summed E-state index contributed by atoms with van der Waals surface area (Å²) in [5.74, 6) is 0.355. The van der Waals surface area contributed by atoms with Crippen LogP contribution in [0.3, 0.4) is 0 Å². The van der Waals surface area contributed by atoms with Crippen LogP contribution in [0.5, 0.6) is 0 Å². The number of aliphatic hydroxyl groups excluding tert-OH is 1. The standard InChI is InChI=1S/C8H10N2O/c1-5-4-6(11)8-7(5)9-2-3-10-8/h2-3,5-6,11H,4H2,1H3/t5-,6+/m1/s1. The minimum Gasteiger partial charge on any atom is -0.387 e. The van der Waals surface area contributed by atoms with E-state index >= 15 is 0 Å². The fraction of sp³-hybridized carbons (Fsp3) is 0.500. The van der Waals surface area contributed by atoms with Crippen LogP contribution in [0.1, 0.15) is 36.8 Å². The predicted octanol–water partition coefficient (Wildman–Crippen LogP) is 1.02. The Kier molecular flexibility index (Phi) is 1.39. The van der Waals surface area contributed by atoms with Crippen molar-refractivity contribution in [2.45, 2.75) is 25.4 Å². The molecule has 0 radical (unpaired) electrons. The Morgan fingerprint density at radius 3 is 2.64 bits per heavy atom. The summed E-state index contributed by atoms with van der Waals surface area (Å²) in [5, 5.41) is 9.45. The summed E-state index contributed by atoms with van der Waals surface area (Å²) < 4.78 is 0. The number of fused-ring (bicyclic) bond motifs is 1. The minimum absolute atomic E-state index is 0.355. The summed E-state index contributed by atoms with van der Waals surface area (Å²) in [7, 11) is 0. The second-order valence-corrected chi connectivity index (χ2v) is 2.98. The normalized spacial score (nSPS) is 28.5. The smallest absolute Gasteiger partial charge is 0.0984 e. The van der Waals surface area contributed by atoms with Gasteiger partial charge in [-0.05, 0) is 6.42 Å². The maximum absolute atomic E-state index is 9.45. The molecule has 0 bridgehead atoms. The minimum atomic E-state index is -0.395. The Balaban J connectivity index is 2.52. The van der Waals surface area contributed by atoms with Crippen molar-refractivity contribution in [2.24, 2.45) is 0 Å². The number of aliphatic hydroxyl groups is 1. The molecule has 3 heteroatoms. The molecular weight excluding hydrogens is 140 g/mol. The third-order valence-corrected chi connectivity index (χ3v) is 2.12. The molecule has 1 heterocycles. The van der Waals surface area contributed by atoms with Gasteiger partial charge >= 0.3 is 0 Å². The van der Waals surface area contributed by atoms with Crippen LogP contribution in [0.25, 0.3) is 0 Å². The van der Waals surface area contributed by atoms with Gasteiger partial charge in [-0.25, -0.2) is 0 Å². The highest BCUT2D eigenvalue weighted by Crippen LogP contribution is 2.36. The monoisotopic (exact) mass is 150 g/mol. The van der Waals surface area contributed by atoms with Gasteiger partial charge in [-0.1, -0.05) is 6.92 Å². The van der Waals surface area contributed by atoms with Gasteiger partial charge in [-0.3, -0.25) is 9.97 Å². The summed E-state index contributed by atoms with van der Waals surface area (Å²) in [4.78, 5) is 8.25. The molecule has 0 amide bonds. The number of hydrogen-bond acceptors (Lipinski definition) is 3. The molecule has 0 saturated carbocycles. The van der Waals surface area contributed by atoms with Crippen molar-refractivity contribution >= 4 is 0 Å². The zero-order chi connectivity index (χ0) is 7.84. The predicted molar refractivity (Wildman–Crippen MR) is 40.0 cm³/mol. The first-order valence-corrected chi connectivity index (χ1v) is 3.78. The molecular formula is C8H10N2O. The van der Waals surface area contributed by atoms with Crippen LogP contribution in [0, 0.1) is 0 Å². The van der Waals surface area contributed by atoms with Crippen molar-refractivity contribution in [3.63, 3.8) is 0 Å². The van der Waals surface area contributed by atoms with Crippen molar-refractivity contribution in [1.82, 2.24) is 9.97 Å². The second-order valence-electron chi connectivity index (χ2n) is 2.98. The molecule has 3 nitrogen and oxygen atoms in total. The highest BCUT2D eigenvalue weighted by atomic mass is 16.3. The van der Waals surface area contributed by atoms with Crippen molar-refractivity contribution in [1.29, 1.82) is 0 Å². The van der Waals surface area contributed by atoms with Gasteiger partial charge in [0.1, 0.15) is 0 Å². The van der Waals surface area contributed by atoms with Crippen LogP contribution >= 0.6 is 0 Å². The van der Waals surface area contributed by atoms with Crippen LogP contribution in [-0.4, -0.2) is 15.1 Å². The first-order valence-electron chi connectivity index (χ1n) is 3.78. The van der Waals surface area contributed by atoms with E-state index < -0.39 is 6.10 Å². The largest absolute Gasteiger partial charge is 0.387 e. The van der Waals surface area contributed by atoms with Crippen molar-refractivity contribution in [3.05, 3.63) is 23.8 Å². The van der Waals surface area contributed by atoms with Crippen LogP contribution < -0.4 is 0 Å². The molecule has 2 atom stereocenters. The fourth-order valence-electron chi connectivity index (χ4n) is 1.55. The van der Waals surface area contributed by atoms with E-state index in [2.05, 4.69) is 16.9 Å². The molecule has 0 spiro atoms. The summed E-state index contributed by atoms with van der Waals surface area (Å²) >= 11 is 0. The topological polar surface area (TPSA) is 46.0 Å². The Morgan fingerprint density at radius 2 is 2.00 bits per heavy atom. The first-order chi connectivity index (χ1) is 5.29. The lowest BCUT2D eigenvalue weighted by Crippen LogP contribution is -1.95. The summed E-state index contributed by atoms with van der Waals surface area (Å²) in [6.45, 7) is 2.06. The molecule has 0 unspecified atom stereocenters. The Bertz CT molecular complexity index is 248. The number of hydrogen-bond donors (Lipinski definition) is 1. The average Bonchev–Trinajstić information content (AvgIpc) is 2.30. The van der Waals surface area contributed by atoms with Crippen molar-refractivity contribution in [3.8, 4) is 0 Å². The lowest BCUT2D eigenvalue weighted by atomic mass is 10.1. The second kappa shape index (κ2) is 2.27. The molecule has 1 N–H and O–H groups in total. The van der Waals surface area contributed by atoms with Crippen LogP contribution in [0.15, 0.2) is 12.4 Å². The van der Waals surface area contributed by atoms with E-state index in [0.29, 0.717) is 5.92 Å². The molecule has 0 saturated heterocycles. The van der Waals surface area contributed by atoms with Gasteiger partial charge in [0.15, 0.2) is 0 Å². The zero-order valence-corrected chi connectivity index (χ0v) is 6.36. The SMILES string of the molecule is C[C@@H]1C[C@H](O)c2nccnc21. The van der Waals surface area contributed by atoms with Gasteiger partial charge in [0.25, 0.3) is 0 Å². The zero-order valence-electron chi connectivity index (χ0n) is 6.36. The Morgan fingerprint density at radius 1 is 1.36 bits per heavy atom. The first kappa shape index (κ1) is 6.73. The fourth-order valence-corrected chi connectivity index (χ4v) is 1.55. The molecule has 0 fully saturated rings. The molecule has 11 heavy (non-hydrogen) atoms. The highest BCUT2D eigenvalue weighted by molar-refractivity contribution is 5.23. The quantitative estimate of drug-likeness (QED) is 0.600. The third-order valence-electron chi connectivity index (χ3n) is 2.12. The molecule has 0 aromatic carbocycles. The summed E-state index contributed by atoms with van der Waals surface area (Å²) in [5.41, 5.74) is 1.72. The van der Waals surface area contributed by atoms with Gasteiger partial charge in [0, 0.05) is 18.3 Å². The third kappa shape index (κ3) is 0.922. The van der Waals surface area contributed by atoms with Crippen LogP contribution in [-0.2, 0) is 0 Å². The number of aromatic nitrogens is 2. The van der Waals surface area contributed by atoms with Gasteiger partial charge in [-0.15, -0.1) is 0 Å². The number of rotatable bonds is 0. The van der Waals surface area contributed by atoms with E-state index in [4.69, 9.17) is 0 Å². The average molecular weight is 150 g/mol. The maximum Gasteiger partial charge on any atom is 0.0984 e. The molecule has 1 aliphatic rings. The van der Waals surface area contributed by atoms with E-state index in [0.717, 1.165) is 17.8 Å². The molecule has 2 rings (SSSR count). The van der Waals surface area contributed by atoms with Crippen molar-refractivity contribution < 1.29 is 5.11 Å².